The molecule has 2 nitrogen and oxygen atoms in total. The second kappa shape index (κ2) is 21.2. The average molecular weight is 435 g/mol. The van der Waals surface area contributed by atoms with Gasteiger partial charge in [-0.3, -0.25) is 0 Å². The molecule has 0 saturated heterocycles. The fourth-order valence-electron chi connectivity index (χ4n) is 4.87. The van der Waals surface area contributed by atoms with Crippen molar-refractivity contribution in [1.82, 2.24) is 9.80 Å². The molecule has 0 aromatic rings. The fourth-order valence-corrected chi connectivity index (χ4v) is 4.87. The van der Waals surface area contributed by atoms with Crippen molar-refractivity contribution in [3.05, 3.63) is 12.4 Å². The normalized spacial score (nSPS) is 16.0. The van der Waals surface area contributed by atoms with Gasteiger partial charge in [0.25, 0.3) is 0 Å². The molecule has 31 heavy (non-hydrogen) atoms. The third kappa shape index (κ3) is 15.7. The van der Waals surface area contributed by atoms with Crippen LogP contribution < -0.4 is 0 Å². The Morgan fingerprint density at radius 2 is 0.677 bits per heavy atom. The van der Waals surface area contributed by atoms with Gasteiger partial charge >= 0.3 is 0 Å². The predicted molar refractivity (Wildman–Crippen MR) is 140 cm³/mol. The molecule has 0 spiro atoms. The van der Waals surface area contributed by atoms with Crippen molar-refractivity contribution in [1.29, 1.82) is 0 Å². The Balaban J connectivity index is 1.88. The SMILES string of the molecule is CCCCCCCCCCCCCN1C=CN(CCCCCCCCCCCC)C1C. The van der Waals surface area contributed by atoms with Gasteiger partial charge in [-0.05, 0) is 19.8 Å². The lowest BCUT2D eigenvalue weighted by atomic mass is 10.1. The predicted octanol–water partition coefficient (Wildman–Crippen LogP) is 9.65. The Morgan fingerprint density at radius 1 is 0.419 bits per heavy atom. The summed E-state index contributed by atoms with van der Waals surface area (Å²) in [5.74, 6) is 0. The van der Waals surface area contributed by atoms with Crippen molar-refractivity contribution in [2.75, 3.05) is 13.1 Å². The van der Waals surface area contributed by atoms with E-state index in [-0.39, 0.29) is 0 Å². The molecule has 0 bridgehead atoms. The van der Waals surface area contributed by atoms with Crippen LogP contribution >= 0.6 is 0 Å². The van der Waals surface area contributed by atoms with Gasteiger partial charge in [-0.15, -0.1) is 0 Å². The number of unbranched alkanes of at least 4 members (excludes halogenated alkanes) is 19. The minimum atomic E-state index is 0.571. The molecule has 1 rings (SSSR count). The van der Waals surface area contributed by atoms with E-state index in [0.717, 1.165) is 0 Å². The molecule has 0 amide bonds. The van der Waals surface area contributed by atoms with Crippen molar-refractivity contribution < 1.29 is 0 Å². The second-order valence-electron chi connectivity index (χ2n) is 10.1. The van der Waals surface area contributed by atoms with E-state index in [4.69, 9.17) is 0 Å². The third-order valence-corrected chi connectivity index (χ3v) is 7.20. The third-order valence-electron chi connectivity index (χ3n) is 7.20. The van der Waals surface area contributed by atoms with E-state index in [9.17, 15) is 0 Å². The molecule has 0 saturated carbocycles. The van der Waals surface area contributed by atoms with Crippen molar-refractivity contribution in [2.45, 2.75) is 162 Å². The van der Waals surface area contributed by atoms with Crippen LogP contribution in [0.25, 0.3) is 0 Å². The van der Waals surface area contributed by atoms with E-state index >= 15 is 0 Å². The Kier molecular flexibility index (Phi) is 19.4. The van der Waals surface area contributed by atoms with Crippen LogP contribution in [0.2, 0.25) is 0 Å². The van der Waals surface area contributed by atoms with Gasteiger partial charge in [-0.2, -0.15) is 0 Å². The summed E-state index contributed by atoms with van der Waals surface area (Å²) in [4.78, 5) is 5.12. The average Bonchev–Trinajstić information content (AvgIpc) is 3.12. The van der Waals surface area contributed by atoms with E-state index in [1.54, 1.807) is 0 Å². The van der Waals surface area contributed by atoms with Gasteiger partial charge in [0.2, 0.25) is 0 Å². The maximum Gasteiger partial charge on any atom is 0.0977 e. The van der Waals surface area contributed by atoms with E-state index < -0.39 is 0 Å². The molecule has 0 fully saturated rings. The maximum atomic E-state index is 2.56. The maximum absolute atomic E-state index is 2.56. The monoisotopic (exact) mass is 434 g/mol. The largest absolute Gasteiger partial charge is 0.356 e. The first-order valence-electron chi connectivity index (χ1n) is 14.5. The van der Waals surface area contributed by atoms with Crippen molar-refractivity contribution in [3.63, 3.8) is 0 Å². The quantitative estimate of drug-likeness (QED) is 0.148. The lowest BCUT2D eigenvalue weighted by molar-refractivity contribution is 0.165. The molecule has 1 heterocycles. The Bertz CT molecular complexity index is 392. The topological polar surface area (TPSA) is 6.48 Å². The first kappa shape index (κ1) is 28.4. The van der Waals surface area contributed by atoms with Crippen molar-refractivity contribution >= 4 is 0 Å². The Labute approximate surface area is 197 Å². The van der Waals surface area contributed by atoms with Gasteiger partial charge in [0.1, 0.15) is 0 Å². The van der Waals surface area contributed by atoms with Gasteiger partial charge in [-0.25, -0.2) is 0 Å². The van der Waals surface area contributed by atoms with Crippen molar-refractivity contribution in [2.24, 2.45) is 0 Å². The molecule has 0 N–H and O–H groups in total. The highest BCUT2D eigenvalue weighted by atomic mass is 15.4. The van der Waals surface area contributed by atoms with Crippen LogP contribution in [0.1, 0.15) is 156 Å². The van der Waals surface area contributed by atoms with Crippen LogP contribution in [0.3, 0.4) is 0 Å². The molecule has 0 aromatic carbocycles. The van der Waals surface area contributed by atoms with E-state index in [1.807, 2.05) is 0 Å². The number of nitrogens with zero attached hydrogens (tertiary/aromatic N) is 2. The lowest BCUT2D eigenvalue weighted by Gasteiger charge is -2.30. The summed E-state index contributed by atoms with van der Waals surface area (Å²) in [6.45, 7) is 9.46. The molecule has 0 aromatic heterocycles. The lowest BCUT2D eigenvalue weighted by Crippen LogP contribution is -2.36. The van der Waals surface area contributed by atoms with Gasteiger partial charge in [0.05, 0.1) is 6.17 Å². The smallest absolute Gasteiger partial charge is 0.0977 e. The summed E-state index contributed by atoms with van der Waals surface area (Å²) in [5.41, 5.74) is 0. The zero-order valence-electron chi connectivity index (χ0n) is 21.9. The number of hydrogen-bond donors (Lipinski definition) is 0. The first-order chi connectivity index (χ1) is 15.3. The van der Waals surface area contributed by atoms with Gasteiger partial charge in [0, 0.05) is 25.5 Å². The van der Waals surface area contributed by atoms with Crippen molar-refractivity contribution in [3.8, 4) is 0 Å². The molecule has 1 atom stereocenters. The highest BCUT2D eigenvalue weighted by Crippen LogP contribution is 2.19. The summed E-state index contributed by atoms with van der Waals surface area (Å²) in [5, 5.41) is 0. The molecule has 0 radical (unpaired) electrons. The zero-order chi connectivity index (χ0) is 22.4. The van der Waals surface area contributed by atoms with E-state index in [0.29, 0.717) is 6.17 Å². The Morgan fingerprint density at radius 3 is 0.968 bits per heavy atom. The van der Waals surface area contributed by atoms with Crippen LogP contribution in [0, 0.1) is 0 Å². The second-order valence-corrected chi connectivity index (χ2v) is 10.1. The van der Waals surface area contributed by atoms with Gasteiger partial charge < -0.3 is 9.80 Å². The molecular formula is C29H58N2. The zero-order valence-corrected chi connectivity index (χ0v) is 21.9. The van der Waals surface area contributed by atoms with Crippen LogP contribution in [-0.2, 0) is 0 Å². The molecular weight excluding hydrogens is 376 g/mol. The molecule has 1 aliphatic heterocycles. The molecule has 0 aliphatic carbocycles. The van der Waals surface area contributed by atoms with Crippen LogP contribution in [0.15, 0.2) is 12.4 Å². The fraction of sp³-hybridized carbons (Fsp3) is 0.931. The summed E-state index contributed by atoms with van der Waals surface area (Å²) in [6.07, 6.45) is 35.3. The van der Waals surface area contributed by atoms with Gasteiger partial charge in [-0.1, -0.05) is 136 Å². The summed E-state index contributed by atoms with van der Waals surface area (Å²) < 4.78 is 0. The van der Waals surface area contributed by atoms with Crippen LogP contribution in [0.4, 0.5) is 0 Å². The molecule has 1 aliphatic rings. The summed E-state index contributed by atoms with van der Waals surface area (Å²) in [7, 11) is 0. The first-order valence-corrected chi connectivity index (χ1v) is 14.5. The number of rotatable bonds is 23. The highest BCUT2D eigenvalue weighted by molar-refractivity contribution is 4.95. The standard InChI is InChI=1S/C29H58N2/c1-4-6-8-10-12-14-16-18-20-22-24-26-31-28-27-30(29(31)3)25-23-21-19-17-15-13-11-9-7-5-2/h27-29H,4-26H2,1-3H3. The van der Waals surface area contributed by atoms with Gasteiger partial charge in [0.15, 0.2) is 0 Å². The Hall–Kier alpha value is -0.660. The van der Waals surface area contributed by atoms with Crippen LogP contribution in [-0.4, -0.2) is 29.1 Å². The van der Waals surface area contributed by atoms with E-state index in [2.05, 4.69) is 43.0 Å². The molecule has 2 heteroatoms. The van der Waals surface area contributed by atoms with Crippen LogP contribution in [0.5, 0.6) is 0 Å². The summed E-state index contributed by atoms with van der Waals surface area (Å²) >= 11 is 0. The molecule has 1 unspecified atom stereocenters. The number of hydrogen-bond acceptors (Lipinski definition) is 2. The summed E-state index contributed by atoms with van der Waals surface area (Å²) in [6, 6.07) is 0. The minimum Gasteiger partial charge on any atom is -0.356 e. The van der Waals surface area contributed by atoms with E-state index in [1.165, 1.54) is 148 Å². The minimum absolute atomic E-state index is 0.571. The highest BCUT2D eigenvalue weighted by Gasteiger charge is 2.20. The molecule has 184 valence electrons.